The SMILES string of the molecule is CCCCCCCCN1c2c(O)cccc2C(=O)N(C/C=C(\C)CC/C=C(\C)CCC=C(C)C)c2cc(O)cc(O)c21. The Morgan fingerprint density at radius 3 is 2.14 bits per heavy atom. The molecular weight excluding hydrogens is 524 g/mol. The highest BCUT2D eigenvalue weighted by molar-refractivity contribution is 6.15. The van der Waals surface area contributed by atoms with Crippen molar-refractivity contribution in [2.24, 2.45) is 0 Å². The second-order valence-electron chi connectivity index (χ2n) is 11.8. The lowest BCUT2D eigenvalue weighted by Crippen LogP contribution is -2.30. The van der Waals surface area contributed by atoms with Gasteiger partial charge in [-0.3, -0.25) is 4.79 Å². The molecule has 1 amide bonds. The Labute approximate surface area is 252 Å². The molecule has 1 aliphatic rings. The summed E-state index contributed by atoms with van der Waals surface area (Å²) < 4.78 is 0. The van der Waals surface area contributed by atoms with E-state index in [1.165, 1.54) is 42.5 Å². The van der Waals surface area contributed by atoms with Gasteiger partial charge in [-0.1, -0.05) is 80.0 Å². The number of unbranched alkanes of at least 4 members (excludes halogenated alkanes) is 5. The summed E-state index contributed by atoms with van der Waals surface area (Å²) in [6.45, 7) is 11.5. The molecule has 0 fully saturated rings. The van der Waals surface area contributed by atoms with Crippen LogP contribution in [0.3, 0.4) is 0 Å². The number of hydrogen-bond donors (Lipinski definition) is 3. The van der Waals surface area contributed by atoms with Crippen LogP contribution >= 0.6 is 0 Å². The van der Waals surface area contributed by atoms with Gasteiger partial charge in [-0.05, 0) is 71.9 Å². The molecule has 1 heterocycles. The number of para-hydroxylation sites is 1. The van der Waals surface area contributed by atoms with Crippen molar-refractivity contribution in [3.63, 3.8) is 0 Å². The van der Waals surface area contributed by atoms with Gasteiger partial charge < -0.3 is 25.1 Å². The zero-order valence-electron chi connectivity index (χ0n) is 26.2. The summed E-state index contributed by atoms with van der Waals surface area (Å²) in [5, 5.41) is 32.6. The van der Waals surface area contributed by atoms with Crippen LogP contribution in [-0.2, 0) is 0 Å². The van der Waals surface area contributed by atoms with Gasteiger partial charge in [0.1, 0.15) is 22.9 Å². The lowest BCUT2D eigenvalue weighted by Gasteiger charge is -2.28. The summed E-state index contributed by atoms with van der Waals surface area (Å²) in [5.41, 5.74) is 5.51. The quantitative estimate of drug-likeness (QED) is 0.146. The van der Waals surface area contributed by atoms with E-state index in [1.807, 2.05) is 11.0 Å². The second kappa shape index (κ2) is 16.1. The number of fused-ring (bicyclic) bond motifs is 2. The highest BCUT2D eigenvalue weighted by Gasteiger charge is 2.34. The lowest BCUT2D eigenvalue weighted by molar-refractivity contribution is 0.0990. The van der Waals surface area contributed by atoms with Crippen LogP contribution in [0, 0.1) is 0 Å². The normalized spacial score (nSPS) is 13.6. The third kappa shape index (κ3) is 8.91. The van der Waals surface area contributed by atoms with Gasteiger partial charge in [0.25, 0.3) is 5.91 Å². The molecule has 42 heavy (non-hydrogen) atoms. The van der Waals surface area contributed by atoms with Crippen LogP contribution in [-0.4, -0.2) is 34.3 Å². The lowest BCUT2D eigenvalue weighted by atomic mass is 10.1. The van der Waals surface area contributed by atoms with Crippen LogP contribution in [0.25, 0.3) is 0 Å². The minimum Gasteiger partial charge on any atom is -0.508 e. The first kappa shape index (κ1) is 32.8. The summed E-state index contributed by atoms with van der Waals surface area (Å²) in [5.74, 6) is -0.533. The van der Waals surface area contributed by atoms with Gasteiger partial charge in [0, 0.05) is 25.2 Å². The number of allylic oxidation sites excluding steroid dienone is 5. The van der Waals surface area contributed by atoms with Crippen LogP contribution in [0.5, 0.6) is 17.2 Å². The minimum absolute atomic E-state index is 0.00873. The van der Waals surface area contributed by atoms with E-state index in [0.29, 0.717) is 29.2 Å². The van der Waals surface area contributed by atoms with Gasteiger partial charge in [-0.2, -0.15) is 0 Å². The van der Waals surface area contributed by atoms with Crippen molar-refractivity contribution in [3.8, 4) is 17.2 Å². The molecule has 0 aliphatic carbocycles. The molecule has 3 rings (SSSR count). The molecule has 6 nitrogen and oxygen atoms in total. The van der Waals surface area contributed by atoms with Crippen molar-refractivity contribution >= 4 is 23.0 Å². The number of carbonyl (C=O) groups excluding carboxylic acids is 1. The first-order valence-corrected chi connectivity index (χ1v) is 15.6. The minimum atomic E-state index is -0.281. The van der Waals surface area contributed by atoms with Crippen molar-refractivity contribution in [1.29, 1.82) is 0 Å². The van der Waals surface area contributed by atoms with E-state index in [4.69, 9.17) is 0 Å². The smallest absolute Gasteiger partial charge is 0.260 e. The van der Waals surface area contributed by atoms with Gasteiger partial charge in [0.15, 0.2) is 0 Å². The first-order chi connectivity index (χ1) is 20.1. The fourth-order valence-electron chi connectivity index (χ4n) is 5.47. The number of rotatable bonds is 15. The number of phenolic OH excluding ortho intramolecular Hbond substituents is 3. The number of hydrogen-bond acceptors (Lipinski definition) is 5. The number of benzene rings is 2. The molecule has 0 atom stereocenters. The molecule has 0 saturated heterocycles. The molecule has 1 aliphatic heterocycles. The summed E-state index contributed by atoms with van der Waals surface area (Å²) in [6.07, 6.45) is 17.0. The van der Waals surface area contributed by atoms with Crippen molar-refractivity contribution < 1.29 is 20.1 Å². The standard InChI is InChI=1S/C36H50N2O4/c1-6-7-8-9-10-11-22-38-34-30(19-14-20-32(34)40)36(42)37(31-24-29(39)25-33(41)35(31)38)23-21-28(5)18-13-17-27(4)16-12-15-26(2)3/h14-15,17,19-21,24-25,39-41H,6-13,16,18,22-23H2,1-5H3/b27-17+,28-21+. The largest absolute Gasteiger partial charge is 0.508 e. The third-order valence-electron chi connectivity index (χ3n) is 7.86. The molecule has 2 aromatic carbocycles. The van der Waals surface area contributed by atoms with E-state index < -0.39 is 0 Å². The summed E-state index contributed by atoms with van der Waals surface area (Å²) in [7, 11) is 0. The Morgan fingerprint density at radius 2 is 1.43 bits per heavy atom. The molecule has 228 valence electrons. The fraction of sp³-hybridized carbons (Fsp3) is 0.472. The molecule has 3 N–H and O–H groups in total. The zero-order chi connectivity index (χ0) is 30.6. The van der Waals surface area contributed by atoms with E-state index in [2.05, 4.69) is 46.8 Å². The maximum absolute atomic E-state index is 14.0. The van der Waals surface area contributed by atoms with Crippen molar-refractivity contribution in [3.05, 3.63) is 70.8 Å². The summed E-state index contributed by atoms with van der Waals surface area (Å²) >= 11 is 0. The maximum atomic E-state index is 14.0. The molecular formula is C36H50N2O4. The van der Waals surface area contributed by atoms with Crippen LogP contribution in [0.4, 0.5) is 17.1 Å². The van der Waals surface area contributed by atoms with E-state index >= 15 is 0 Å². The monoisotopic (exact) mass is 574 g/mol. The molecule has 6 heteroatoms. The molecule has 0 bridgehead atoms. The maximum Gasteiger partial charge on any atom is 0.260 e. The van der Waals surface area contributed by atoms with Crippen molar-refractivity contribution in [1.82, 2.24) is 0 Å². The average Bonchev–Trinajstić information content (AvgIpc) is 3.02. The topological polar surface area (TPSA) is 84.2 Å². The van der Waals surface area contributed by atoms with Gasteiger partial charge in [0.05, 0.1) is 16.9 Å². The fourth-order valence-corrected chi connectivity index (χ4v) is 5.47. The molecule has 0 spiro atoms. The Morgan fingerprint density at radius 1 is 0.762 bits per heavy atom. The average molecular weight is 575 g/mol. The molecule has 2 aromatic rings. The van der Waals surface area contributed by atoms with Crippen LogP contribution in [0.2, 0.25) is 0 Å². The van der Waals surface area contributed by atoms with Crippen LogP contribution in [0.1, 0.15) is 109 Å². The molecule has 0 aromatic heterocycles. The highest BCUT2D eigenvalue weighted by Crippen LogP contribution is 2.50. The summed E-state index contributed by atoms with van der Waals surface area (Å²) in [6, 6.07) is 7.81. The summed E-state index contributed by atoms with van der Waals surface area (Å²) in [4.78, 5) is 17.5. The predicted molar refractivity (Wildman–Crippen MR) is 175 cm³/mol. The van der Waals surface area contributed by atoms with Gasteiger partial charge >= 0.3 is 0 Å². The number of aromatic hydroxyl groups is 3. The Balaban J connectivity index is 1.88. The number of carbonyl (C=O) groups is 1. The number of phenols is 3. The van der Waals surface area contributed by atoms with E-state index in [9.17, 15) is 20.1 Å². The van der Waals surface area contributed by atoms with Crippen LogP contribution < -0.4 is 9.80 Å². The van der Waals surface area contributed by atoms with Crippen LogP contribution in [0.15, 0.2) is 65.3 Å². The third-order valence-corrected chi connectivity index (χ3v) is 7.86. The first-order valence-electron chi connectivity index (χ1n) is 15.6. The Bertz CT molecular complexity index is 1300. The Hall–Kier alpha value is -3.67. The van der Waals surface area contributed by atoms with Gasteiger partial charge in [-0.25, -0.2) is 0 Å². The van der Waals surface area contributed by atoms with Gasteiger partial charge in [-0.15, -0.1) is 0 Å². The Kier molecular flexibility index (Phi) is 12.6. The van der Waals surface area contributed by atoms with Gasteiger partial charge in [0.2, 0.25) is 0 Å². The number of nitrogens with zero attached hydrogens (tertiary/aromatic N) is 2. The molecule has 0 unspecified atom stereocenters. The zero-order valence-corrected chi connectivity index (χ0v) is 26.2. The van der Waals surface area contributed by atoms with Crippen molar-refractivity contribution in [2.75, 3.05) is 22.9 Å². The molecule has 0 radical (unpaired) electrons. The number of amides is 1. The highest BCUT2D eigenvalue weighted by atomic mass is 16.3. The van der Waals surface area contributed by atoms with E-state index in [1.54, 1.807) is 23.1 Å². The number of anilines is 3. The van der Waals surface area contributed by atoms with Crippen molar-refractivity contribution in [2.45, 2.75) is 98.8 Å². The molecule has 0 saturated carbocycles. The van der Waals surface area contributed by atoms with E-state index in [0.717, 1.165) is 50.5 Å². The second-order valence-corrected chi connectivity index (χ2v) is 11.8. The predicted octanol–water partition coefficient (Wildman–Crippen LogP) is 9.68. The van der Waals surface area contributed by atoms with E-state index in [-0.39, 0.29) is 29.7 Å².